The van der Waals surface area contributed by atoms with Crippen LogP contribution in [0.5, 0.6) is 11.5 Å². The van der Waals surface area contributed by atoms with E-state index in [1.807, 2.05) is 0 Å². The van der Waals surface area contributed by atoms with Crippen molar-refractivity contribution < 1.29 is 57.2 Å². The summed E-state index contributed by atoms with van der Waals surface area (Å²) in [4.78, 5) is 87.6. The molecule has 4 aromatic carbocycles. The number of carbonyl (C=O) groups is 6. The van der Waals surface area contributed by atoms with Crippen molar-refractivity contribution in [3.63, 3.8) is 0 Å². The fourth-order valence-electron chi connectivity index (χ4n) is 8.06. The number of ether oxygens (including phenoxy) is 6. The molecule has 0 atom stereocenters. The first-order valence-electron chi connectivity index (χ1n) is 22.3. The molecule has 16 nitrogen and oxygen atoms in total. The van der Waals surface area contributed by atoms with Gasteiger partial charge in [0, 0.05) is 55.7 Å². The minimum absolute atomic E-state index is 0.139. The lowest BCUT2D eigenvalue weighted by Gasteiger charge is -2.09. The molecule has 0 unspecified atom stereocenters. The summed E-state index contributed by atoms with van der Waals surface area (Å²) in [7, 11) is 3.05. The van der Waals surface area contributed by atoms with E-state index in [1.165, 1.54) is 47.9 Å². The number of hydrogen-bond donors (Lipinski definition) is 0. The first-order valence-corrected chi connectivity index (χ1v) is 23.0. The van der Waals surface area contributed by atoms with Crippen LogP contribution in [0.4, 0.5) is 0 Å². The maximum Gasteiger partial charge on any atom is 0.339 e. The van der Waals surface area contributed by atoms with Crippen LogP contribution >= 0.6 is 23.2 Å². The first kappa shape index (κ1) is 50.1. The van der Waals surface area contributed by atoms with Crippen LogP contribution in [-0.4, -0.2) is 95.4 Å². The van der Waals surface area contributed by atoms with Crippen molar-refractivity contribution in [3.05, 3.63) is 176 Å². The van der Waals surface area contributed by atoms with Crippen LogP contribution in [0.2, 0.25) is 10.0 Å². The van der Waals surface area contributed by atoms with Gasteiger partial charge in [0.2, 0.25) is 0 Å². The van der Waals surface area contributed by atoms with Crippen molar-refractivity contribution in [3.8, 4) is 22.9 Å². The number of carbonyl (C=O) groups excluding carboxylic acids is 6. The second-order valence-corrected chi connectivity index (χ2v) is 17.0. The van der Waals surface area contributed by atoms with Gasteiger partial charge in [0.1, 0.15) is 37.9 Å². The smallest absolute Gasteiger partial charge is 0.339 e. The Bertz CT molecular complexity index is 3140. The minimum Gasteiger partial charge on any atom is -0.497 e. The summed E-state index contributed by atoms with van der Waals surface area (Å²) in [6.45, 7) is 2.61. The van der Waals surface area contributed by atoms with Gasteiger partial charge in [0.15, 0.2) is 0 Å². The molecular formula is C54H44Cl2N4O12. The topological polar surface area (TPSA) is 193 Å². The highest BCUT2D eigenvalue weighted by Crippen LogP contribution is 2.33. The van der Waals surface area contributed by atoms with E-state index in [9.17, 15) is 28.8 Å². The molecule has 4 heterocycles. The van der Waals surface area contributed by atoms with Gasteiger partial charge in [-0.1, -0.05) is 23.2 Å². The number of hydrogen-bond acceptors (Lipinski definition) is 14. The second kappa shape index (κ2) is 22.2. The molecule has 366 valence electrons. The molecule has 0 aliphatic rings. The van der Waals surface area contributed by atoms with E-state index in [0.29, 0.717) is 88.4 Å². The zero-order chi connectivity index (χ0) is 51.1. The van der Waals surface area contributed by atoms with Crippen molar-refractivity contribution >= 4 is 80.7 Å². The summed E-state index contributed by atoms with van der Waals surface area (Å²) < 4.78 is 35.4. The normalized spacial score (nSPS) is 11.0. The maximum atomic E-state index is 13.6. The van der Waals surface area contributed by atoms with E-state index in [2.05, 4.69) is 9.97 Å². The Morgan fingerprint density at radius 1 is 0.472 bits per heavy atom. The van der Waals surface area contributed by atoms with Gasteiger partial charge in [-0.05, 0) is 134 Å². The number of fused-ring (bicyclic) bond motifs is 2. The average molecular weight is 1010 g/mol. The maximum absolute atomic E-state index is 13.6. The number of esters is 4. The number of nitrogens with zero attached hydrogens (tertiary/aromatic N) is 4. The fourth-order valence-corrected chi connectivity index (χ4v) is 8.31. The van der Waals surface area contributed by atoms with E-state index in [0.717, 1.165) is 0 Å². The summed E-state index contributed by atoms with van der Waals surface area (Å²) in [6.07, 6.45) is 2.30. The zero-order valence-electron chi connectivity index (χ0n) is 39.2. The summed E-state index contributed by atoms with van der Waals surface area (Å²) in [6, 6.07) is 29.6. The Morgan fingerprint density at radius 2 is 0.833 bits per heavy atom. The second-order valence-electron chi connectivity index (χ2n) is 16.1. The highest BCUT2D eigenvalue weighted by atomic mass is 35.5. The van der Waals surface area contributed by atoms with Gasteiger partial charge < -0.3 is 28.4 Å². The summed E-state index contributed by atoms with van der Waals surface area (Å²) in [5, 5.41) is 2.28. The monoisotopic (exact) mass is 1010 g/mol. The van der Waals surface area contributed by atoms with Crippen LogP contribution in [-0.2, 0) is 41.4 Å². The van der Waals surface area contributed by atoms with Gasteiger partial charge in [-0.15, -0.1) is 0 Å². The Hall–Kier alpha value is -8.34. The standard InChI is InChI=1S/C54H44Cl2N4O12/c1-31-41(43-25-39(67-3)15-19-47(43)59(31)51(63)33-5-11-37(55)12-6-33)27-49(61)69-21-23-71-53(65)35-9-17-45(57-29-35)46-18-10-36(30-58-46)54(66)72-24-22-70-50(62)28-42-32(2)60(48-20-16-40(68-4)26-44(42)48)52(64)34-7-13-38(56)14-8-34/h5-20,25-26,29-30H,21-24,27-28H2,1-4H3. The molecule has 18 heteroatoms. The highest BCUT2D eigenvalue weighted by molar-refractivity contribution is 6.31. The first-order chi connectivity index (χ1) is 34.7. The largest absolute Gasteiger partial charge is 0.497 e. The van der Waals surface area contributed by atoms with Crippen LogP contribution in [0.1, 0.15) is 63.9 Å². The van der Waals surface area contributed by atoms with Gasteiger partial charge in [-0.2, -0.15) is 0 Å². The summed E-state index contributed by atoms with van der Waals surface area (Å²) >= 11 is 12.1. The van der Waals surface area contributed by atoms with Crippen LogP contribution in [0.3, 0.4) is 0 Å². The van der Waals surface area contributed by atoms with Gasteiger partial charge >= 0.3 is 23.9 Å². The molecule has 0 amide bonds. The molecule has 0 radical (unpaired) electrons. The third-order valence-corrected chi connectivity index (χ3v) is 12.2. The predicted octanol–water partition coefficient (Wildman–Crippen LogP) is 9.26. The quantitative estimate of drug-likeness (QED) is 0.0476. The minimum atomic E-state index is -0.696. The molecule has 0 N–H and O–H groups in total. The number of benzene rings is 4. The SMILES string of the molecule is COc1ccc2c(c1)c(CC(=O)OCCOC(=O)c1ccc(-c3ccc(C(=O)OCCOC(=O)Cc4c(C)n(C(=O)c5ccc(Cl)cc5)c5ccc(OC)cc45)cn3)nc1)c(C)n2C(=O)c1ccc(Cl)cc1. The molecule has 0 fully saturated rings. The molecule has 8 aromatic rings. The summed E-state index contributed by atoms with van der Waals surface area (Å²) in [5.74, 6) is -2.07. The average Bonchev–Trinajstić information content (AvgIpc) is 3.82. The molecule has 0 saturated heterocycles. The Balaban J connectivity index is 0.792. The van der Waals surface area contributed by atoms with Gasteiger partial charge in [-0.25, -0.2) is 9.59 Å². The molecule has 8 rings (SSSR count). The lowest BCUT2D eigenvalue weighted by molar-refractivity contribution is -0.144. The van der Waals surface area contributed by atoms with Gasteiger partial charge in [0.25, 0.3) is 11.8 Å². The van der Waals surface area contributed by atoms with Crippen LogP contribution in [0.25, 0.3) is 33.2 Å². The molecule has 0 bridgehead atoms. The molecule has 0 saturated carbocycles. The van der Waals surface area contributed by atoms with Crippen LogP contribution < -0.4 is 9.47 Å². The molecule has 0 aliphatic heterocycles. The van der Waals surface area contributed by atoms with Crippen molar-refractivity contribution in [2.24, 2.45) is 0 Å². The van der Waals surface area contributed by atoms with E-state index in [-0.39, 0.29) is 62.2 Å². The van der Waals surface area contributed by atoms with E-state index >= 15 is 0 Å². The van der Waals surface area contributed by atoms with Crippen LogP contribution in [0.15, 0.2) is 122 Å². The van der Waals surface area contributed by atoms with Crippen molar-refractivity contribution in [1.82, 2.24) is 19.1 Å². The lowest BCUT2D eigenvalue weighted by atomic mass is 10.1. The molecule has 4 aromatic heterocycles. The van der Waals surface area contributed by atoms with Gasteiger partial charge in [-0.3, -0.25) is 38.3 Å². The number of methoxy groups -OCH3 is 2. The number of halogens is 2. The third-order valence-electron chi connectivity index (χ3n) is 11.7. The number of pyridine rings is 2. The Morgan fingerprint density at radius 3 is 1.18 bits per heavy atom. The Kier molecular flexibility index (Phi) is 15.4. The number of rotatable bonds is 17. The zero-order valence-corrected chi connectivity index (χ0v) is 40.7. The van der Waals surface area contributed by atoms with E-state index in [4.69, 9.17) is 51.6 Å². The van der Waals surface area contributed by atoms with E-state index < -0.39 is 23.9 Å². The molecular weight excluding hydrogens is 968 g/mol. The fraction of sp³-hybridized carbons (Fsp3) is 0.185. The predicted molar refractivity (Wildman–Crippen MR) is 266 cm³/mol. The Labute approximate surface area is 421 Å². The van der Waals surface area contributed by atoms with Crippen LogP contribution in [0, 0.1) is 13.8 Å². The van der Waals surface area contributed by atoms with Crippen molar-refractivity contribution in [2.45, 2.75) is 26.7 Å². The van der Waals surface area contributed by atoms with Crippen molar-refractivity contribution in [1.29, 1.82) is 0 Å². The summed E-state index contributed by atoms with van der Waals surface area (Å²) in [5.41, 5.74) is 5.37. The molecule has 0 spiro atoms. The highest BCUT2D eigenvalue weighted by Gasteiger charge is 2.25. The number of aromatic nitrogens is 4. The third kappa shape index (κ3) is 11.0. The molecule has 72 heavy (non-hydrogen) atoms. The molecule has 0 aliphatic carbocycles. The van der Waals surface area contributed by atoms with Crippen molar-refractivity contribution in [2.75, 3.05) is 40.6 Å². The van der Waals surface area contributed by atoms with E-state index in [1.54, 1.807) is 111 Å². The van der Waals surface area contributed by atoms with Gasteiger partial charge in [0.05, 0.1) is 60.6 Å². The lowest BCUT2D eigenvalue weighted by Crippen LogP contribution is -2.17.